The zero-order valence-electron chi connectivity index (χ0n) is 20.2. The van der Waals surface area contributed by atoms with Crippen LogP contribution in [0.3, 0.4) is 0 Å². The second kappa shape index (κ2) is 10.6. The molecule has 1 saturated heterocycles. The number of hydrogen-bond donors (Lipinski definition) is 6. The van der Waals surface area contributed by atoms with Gasteiger partial charge in [0.05, 0.1) is 23.9 Å². The van der Waals surface area contributed by atoms with Gasteiger partial charge in [-0.3, -0.25) is 4.57 Å². The van der Waals surface area contributed by atoms with Crippen LogP contribution >= 0.6 is 19.2 Å². The Kier molecular flexibility index (Phi) is 8.23. The monoisotopic (exact) mass is 583 g/mol. The van der Waals surface area contributed by atoms with E-state index in [2.05, 4.69) is 15.4 Å². The Labute approximate surface area is 218 Å². The maximum absolute atomic E-state index is 12.1. The summed E-state index contributed by atoms with van der Waals surface area (Å²) in [5.41, 5.74) is 1.02. The first-order valence-corrected chi connectivity index (χ1v) is 15.3. The molecule has 4 rings (SSSR count). The van der Waals surface area contributed by atoms with Crippen molar-refractivity contribution in [3.05, 3.63) is 17.4 Å². The zero-order valence-corrected chi connectivity index (χ0v) is 22.7. The van der Waals surface area contributed by atoms with E-state index in [0.717, 1.165) is 45.3 Å². The van der Waals surface area contributed by atoms with Crippen LogP contribution in [0.4, 0.5) is 5.69 Å². The number of ether oxygens (including phenoxy) is 2. The van der Waals surface area contributed by atoms with Gasteiger partial charge >= 0.3 is 7.60 Å². The Morgan fingerprint density at radius 2 is 1.97 bits per heavy atom. The molecule has 0 amide bonds. The van der Waals surface area contributed by atoms with E-state index < -0.39 is 59.9 Å². The van der Waals surface area contributed by atoms with E-state index in [1.165, 1.54) is 10.9 Å². The summed E-state index contributed by atoms with van der Waals surface area (Å²) < 4.78 is 50.4. The number of halogens is 1. The highest BCUT2D eigenvalue weighted by atomic mass is 35.5. The molecule has 2 aromatic rings. The topological polar surface area (TPSA) is 205 Å². The molecule has 37 heavy (non-hydrogen) atoms. The van der Waals surface area contributed by atoms with Crippen LogP contribution in [0.1, 0.15) is 38.8 Å². The number of aromatic nitrogens is 3. The first-order chi connectivity index (χ1) is 17.2. The number of aliphatic hydroxyl groups excluding tert-OH is 2. The number of pyridine rings is 1. The number of aliphatic hydroxyl groups is 2. The largest absolute Gasteiger partial charge is 0.387 e. The summed E-state index contributed by atoms with van der Waals surface area (Å²) in [4.78, 5) is 23.8. The van der Waals surface area contributed by atoms with Crippen molar-refractivity contribution in [3.8, 4) is 0 Å². The predicted molar refractivity (Wildman–Crippen MR) is 134 cm³/mol. The molecule has 1 saturated carbocycles. The molecule has 1 aliphatic carbocycles. The highest BCUT2D eigenvalue weighted by molar-refractivity contribution is 7.89. The van der Waals surface area contributed by atoms with Gasteiger partial charge in [-0.2, -0.15) is 5.10 Å². The van der Waals surface area contributed by atoms with Crippen molar-refractivity contribution >= 4 is 45.9 Å². The number of sulfonamides is 1. The maximum atomic E-state index is 12.1. The third-order valence-electron chi connectivity index (χ3n) is 6.77. The summed E-state index contributed by atoms with van der Waals surface area (Å²) in [6.45, 7) is 0.321. The van der Waals surface area contributed by atoms with Gasteiger partial charge in [0, 0.05) is 6.04 Å². The fourth-order valence-electron chi connectivity index (χ4n) is 4.55. The Hall–Kier alpha value is -1.39. The molecule has 5 atom stereocenters. The third kappa shape index (κ3) is 5.96. The lowest BCUT2D eigenvalue weighted by atomic mass is 10.1. The Morgan fingerprint density at radius 1 is 1.30 bits per heavy atom. The smallest absolute Gasteiger partial charge is 0.357 e. The molecule has 2 aromatic heterocycles. The van der Waals surface area contributed by atoms with E-state index in [4.69, 9.17) is 21.1 Å². The van der Waals surface area contributed by atoms with Crippen molar-refractivity contribution in [1.29, 1.82) is 0 Å². The molecule has 2 aliphatic rings. The predicted octanol–water partition coefficient (Wildman–Crippen LogP) is 0.518. The number of rotatable bonds is 10. The molecule has 0 bridgehead atoms. The van der Waals surface area contributed by atoms with Gasteiger partial charge in [0.25, 0.3) is 0 Å². The van der Waals surface area contributed by atoms with E-state index in [1.54, 1.807) is 6.07 Å². The van der Waals surface area contributed by atoms with Gasteiger partial charge in [-0.15, -0.1) is 0 Å². The number of hydrogen-bond acceptors (Lipinski definition) is 10. The molecular weight excluding hydrogens is 553 g/mol. The second-order valence-corrected chi connectivity index (χ2v) is 13.8. The van der Waals surface area contributed by atoms with E-state index in [1.807, 2.05) is 4.72 Å². The van der Waals surface area contributed by atoms with Crippen molar-refractivity contribution in [2.24, 2.45) is 0 Å². The summed E-state index contributed by atoms with van der Waals surface area (Å²) >= 11 is 6.25. The zero-order chi connectivity index (χ0) is 27.2. The maximum Gasteiger partial charge on any atom is 0.357 e. The van der Waals surface area contributed by atoms with Gasteiger partial charge in [0.15, 0.2) is 17.2 Å². The number of anilines is 1. The fourth-order valence-corrected chi connectivity index (χ4v) is 7.10. The second-order valence-electron chi connectivity index (χ2n) is 9.48. The lowest BCUT2D eigenvalue weighted by Crippen LogP contribution is -2.43. The third-order valence-corrected chi connectivity index (χ3v) is 10.3. The summed E-state index contributed by atoms with van der Waals surface area (Å²) in [5, 5.41) is 27.4. The summed E-state index contributed by atoms with van der Waals surface area (Å²) in [5.74, 6) is -1.04. The van der Waals surface area contributed by atoms with Crippen molar-refractivity contribution < 1.29 is 42.5 Å². The molecule has 0 radical (unpaired) electrons. The van der Waals surface area contributed by atoms with Gasteiger partial charge in [-0.1, -0.05) is 24.4 Å². The van der Waals surface area contributed by atoms with Crippen LogP contribution in [0.2, 0.25) is 5.15 Å². The average molecular weight is 584 g/mol. The van der Waals surface area contributed by atoms with E-state index in [9.17, 15) is 33.0 Å². The van der Waals surface area contributed by atoms with Gasteiger partial charge in [0.2, 0.25) is 10.0 Å². The molecule has 208 valence electrons. The standard InChI is InChI=1S/C20H31ClN5O9PS/c1-20(36(29,30)31,10-37(32,33)22-2)34-9-14-16(27)17(28)19(35-14)26-18-12(8-23-26)13(7-15(21)25-18)24-11-5-3-4-6-11/h7-8,11,14,16-17,19,22,27-28H,3-6,9-10H2,1-2H3,(H,24,25)(H2,29,30,31)/t14-,16-,17-,19-,20?/m1/s1. The molecular formula is C20H31ClN5O9PS. The SMILES string of the molecule is CNS(=O)(=O)CC(C)(OC[C@H]1O[C@@H](n2ncc3c(NC4CCCC4)cc(Cl)nc32)[C@H](O)[C@@H]1O)P(=O)(O)O. The summed E-state index contributed by atoms with van der Waals surface area (Å²) in [6, 6.07) is 1.98. The van der Waals surface area contributed by atoms with Gasteiger partial charge < -0.3 is 34.8 Å². The van der Waals surface area contributed by atoms with Crippen molar-refractivity contribution in [2.45, 2.75) is 68.5 Å². The van der Waals surface area contributed by atoms with Crippen LogP contribution in [0, 0.1) is 0 Å². The Balaban J connectivity index is 1.55. The van der Waals surface area contributed by atoms with E-state index >= 15 is 0 Å². The van der Waals surface area contributed by atoms with Gasteiger partial charge in [-0.05, 0) is 32.9 Å². The Morgan fingerprint density at radius 3 is 2.59 bits per heavy atom. The first-order valence-electron chi connectivity index (χ1n) is 11.7. The molecule has 2 fully saturated rings. The number of nitrogens with zero attached hydrogens (tertiary/aromatic N) is 3. The highest BCUT2D eigenvalue weighted by Crippen LogP contribution is 2.52. The van der Waals surface area contributed by atoms with Crippen LogP contribution < -0.4 is 10.0 Å². The quantitative estimate of drug-likeness (QED) is 0.167. The molecule has 0 spiro atoms. The molecule has 17 heteroatoms. The Bertz CT molecular complexity index is 1280. The van der Waals surface area contributed by atoms with E-state index in [-0.39, 0.29) is 11.2 Å². The minimum absolute atomic E-state index is 0.186. The molecule has 3 heterocycles. The van der Waals surface area contributed by atoms with Crippen LogP contribution in [0.25, 0.3) is 11.0 Å². The molecule has 1 aliphatic heterocycles. The number of nitrogens with one attached hydrogen (secondary N) is 2. The van der Waals surface area contributed by atoms with Gasteiger partial charge in [-0.25, -0.2) is 22.8 Å². The first kappa shape index (κ1) is 28.6. The minimum atomic E-state index is -5.10. The fraction of sp³-hybridized carbons (Fsp3) is 0.700. The number of fused-ring (bicyclic) bond motifs is 1. The minimum Gasteiger partial charge on any atom is -0.387 e. The van der Waals surface area contributed by atoms with Crippen LogP contribution in [-0.4, -0.2) is 92.3 Å². The van der Waals surface area contributed by atoms with E-state index in [0.29, 0.717) is 11.0 Å². The van der Waals surface area contributed by atoms with Crippen molar-refractivity contribution in [3.63, 3.8) is 0 Å². The summed E-state index contributed by atoms with van der Waals surface area (Å²) in [7, 11) is -8.08. The molecule has 1 unspecified atom stereocenters. The van der Waals surface area contributed by atoms with Crippen molar-refractivity contribution in [2.75, 3.05) is 24.7 Å². The molecule has 0 aromatic carbocycles. The van der Waals surface area contributed by atoms with Crippen LogP contribution in [0.15, 0.2) is 12.3 Å². The van der Waals surface area contributed by atoms with Crippen LogP contribution in [0.5, 0.6) is 0 Å². The van der Waals surface area contributed by atoms with Crippen molar-refractivity contribution in [1.82, 2.24) is 19.5 Å². The average Bonchev–Trinajstić information content (AvgIpc) is 3.53. The lowest BCUT2D eigenvalue weighted by Gasteiger charge is -2.31. The molecule has 6 N–H and O–H groups in total. The van der Waals surface area contributed by atoms with Crippen LogP contribution in [-0.2, 0) is 24.1 Å². The lowest BCUT2D eigenvalue weighted by molar-refractivity contribution is -0.0899. The molecule has 14 nitrogen and oxygen atoms in total. The normalized spacial score (nSPS) is 27.1. The van der Waals surface area contributed by atoms with Gasteiger partial charge in [0.1, 0.15) is 29.2 Å². The highest BCUT2D eigenvalue weighted by Gasteiger charge is 2.50. The summed E-state index contributed by atoms with van der Waals surface area (Å²) in [6.07, 6.45) is 0.303.